The van der Waals surface area contributed by atoms with Gasteiger partial charge < -0.3 is 10.2 Å². The number of unbranched alkanes of at least 4 members (excludes halogenated alkanes) is 1. The van der Waals surface area contributed by atoms with Crippen LogP contribution >= 0.6 is 11.8 Å². The molecule has 0 bridgehead atoms. The Bertz CT molecular complexity index is 296. The highest BCUT2D eigenvalue weighted by molar-refractivity contribution is 7.99. The predicted molar refractivity (Wildman–Crippen MR) is 59.9 cm³/mol. The van der Waals surface area contributed by atoms with Crippen molar-refractivity contribution in [3.63, 3.8) is 0 Å². The van der Waals surface area contributed by atoms with Crippen molar-refractivity contribution in [1.29, 1.82) is 5.41 Å². The fourth-order valence-corrected chi connectivity index (χ4v) is 2.09. The molecule has 4 heteroatoms. The molecule has 14 heavy (non-hydrogen) atoms. The average molecular weight is 212 g/mol. The summed E-state index contributed by atoms with van der Waals surface area (Å²) in [4.78, 5) is 1.22. The highest BCUT2D eigenvalue weighted by Crippen LogP contribution is 2.23. The van der Waals surface area contributed by atoms with E-state index in [-0.39, 0.29) is 5.84 Å². The Morgan fingerprint density at radius 2 is 2.36 bits per heavy atom. The summed E-state index contributed by atoms with van der Waals surface area (Å²) in [5.41, 5.74) is 5.25. The highest BCUT2D eigenvalue weighted by Gasteiger charge is 2.00. The lowest BCUT2D eigenvalue weighted by molar-refractivity contribution is 0.527. The molecule has 3 nitrogen and oxygen atoms in total. The zero-order valence-corrected chi connectivity index (χ0v) is 9.19. The summed E-state index contributed by atoms with van der Waals surface area (Å²) in [7, 11) is 0. The molecule has 1 rings (SSSR count). The largest absolute Gasteiger partial charge is 0.468 e. The first-order chi connectivity index (χ1) is 6.70. The Morgan fingerprint density at radius 1 is 1.57 bits per heavy atom. The summed E-state index contributed by atoms with van der Waals surface area (Å²) >= 11 is 1.80. The van der Waals surface area contributed by atoms with Crippen molar-refractivity contribution >= 4 is 17.6 Å². The monoisotopic (exact) mass is 212 g/mol. The maximum absolute atomic E-state index is 7.06. The average Bonchev–Trinajstić information content (AvgIpc) is 2.51. The topological polar surface area (TPSA) is 63.0 Å². The van der Waals surface area contributed by atoms with Gasteiger partial charge in [0, 0.05) is 11.3 Å². The van der Waals surface area contributed by atoms with Crippen molar-refractivity contribution in [2.24, 2.45) is 5.73 Å². The van der Waals surface area contributed by atoms with Gasteiger partial charge in [-0.25, -0.2) is 0 Å². The van der Waals surface area contributed by atoms with E-state index in [0.717, 1.165) is 24.4 Å². The van der Waals surface area contributed by atoms with Crippen molar-refractivity contribution in [2.45, 2.75) is 31.1 Å². The molecule has 3 N–H and O–H groups in total. The first-order valence-corrected chi connectivity index (χ1v) is 5.68. The zero-order chi connectivity index (χ0) is 10.4. The van der Waals surface area contributed by atoms with Crippen LogP contribution in [0.15, 0.2) is 21.6 Å². The van der Waals surface area contributed by atoms with Crippen LogP contribution in [0.3, 0.4) is 0 Å². The molecule has 0 saturated heterocycles. The van der Waals surface area contributed by atoms with E-state index >= 15 is 0 Å². The van der Waals surface area contributed by atoms with Crippen molar-refractivity contribution in [3.8, 4) is 0 Å². The van der Waals surface area contributed by atoms with Gasteiger partial charge in [0.1, 0.15) is 5.76 Å². The third-order valence-corrected chi connectivity index (χ3v) is 3.14. The molecule has 0 atom stereocenters. The van der Waals surface area contributed by atoms with E-state index in [0.29, 0.717) is 6.42 Å². The molecular weight excluding hydrogens is 196 g/mol. The van der Waals surface area contributed by atoms with E-state index in [2.05, 4.69) is 0 Å². The molecule has 1 aromatic rings. The fraction of sp³-hybridized carbons (Fsp3) is 0.500. The fourth-order valence-electron chi connectivity index (χ4n) is 1.12. The summed E-state index contributed by atoms with van der Waals surface area (Å²) in [5, 5.41) is 7.06. The molecule has 1 heterocycles. The van der Waals surface area contributed by atoms with Crippen LogP contribution < -0.4 is 5.73 Å². The molecule has 0 aliphatic rings. The molecule has 0 aliphatic heterocycles. The van der Waals surface area contributed by atoms with E-state index in [9.17, 15) is 0 Å². The molecule has 0 aromatic carbocycles. The van der Waals surface area contributed by atoms with E-state index in [1.54, 1.807) is 18.0 Å². The van der Waals surface area contributed by atoms with Crippen LogP contribution in [0.4, 0.5) is 0 Å². The summed E-state index contributed by atoms with van der Waals surface area (Å²) in [6.07, 6.45) is 4.52. The lowest BCUT2D eigenvalue weighted by atomic mass is 10.2. The van der Waals surface area contributed by atoms with Crippen LogP contribution in [0.2, 0.25) is 0 Å². The third kappa shape index (κ3) is 3.87. The molecule has 1 aromatic heterocycles. The number of thioether (sulfide) groups is 1. The Morgan fingerprint density at radius 3 is 2.93 bits per heavy atom. The number of rotatable bonds is 6. The first-order valence-electron chi connectivity index (χ1n) is 4.70. The van der Waals surface area contributed by atoms with Crippen LogP contribution in [0, 0.1) is 12.3 Å². The van der Waals surface area contributed by atoms with Gasteiger partial charge in [-0.3, -0.25) is 5.41 Å². The molecule has 0 unspecified atom stereocenters. The van der Waals surface area contributed by atoms with E-state index in [4.69, 9.17) is 15.6 Å². The van der Waals surface area contributed by atoms with Gasteiger partial charge >= 0.3 is 0 Å². The van der Waals surface area contributed by atoms with Gasteiger partial charge in [0.05, 0.1) is 12.1 Å². The van der Waals surface area contributed by atoms with Crippen LogP contribution in [-0.4, -0.2) is 11.6 Å². The van der Waals surface area contributed by atoms with E-state index in [1.807, 2.05) is 13.0 Å². The normalized spacial score (nSPS) is 10.4. The molecule has 0 radical (unpaired) electrons. The predicted octanol–water partition coefficient (Wildman–Crippen LogP) is 2.79. The SMILES string of the molecule is Cc1occc1SCCCCC(=N)N. The lowest BCUT2D eigenvalue weighted by Gasteiger charge is -1.99. The molecule has 0 saturated carbocycles. The van der Waals surface area contributed by atoms with Gasteiger partial charge in [0.25, 0.3) is 0 Å². The van der Waals surface area contributed by atoms with Crippen molar-refractivity contribution in [1.82, 2.24) is 0 Å². The Kier molecular flexibility index (Phi) is 4.59. The quantitative estimate of drug-likeness (QED) is 0.330. The lowest BCUT2D eigenvalue weighted by Crippen LogP contribution is -2.08. The Hall–Kier alpha value is -0.900. The molecule has 0 spiro atoms. The zero-order valence-electron chi connectivity index (χ0n) is 8.38. The summed E-state index contributed by atoms with van der Waals surface area (Å²) in [6.45, 7) is 1.97. The van der Waals surface area contributed by atoms with Crippen molar-refractivity contribution < 1.29 is 4.42 Å². The minimum Gasteiger partial charge on any atom is -0.468 e. The molecule has 0 aliphatic carbocycles. The van der Waals surface area contributed by atoms with Crippen LogP contribution in [0.1, 0.15) is 25.0 Å². The van der Waals surface area contributed by atoms with Gasteiger partial charge in [-0.05, 0) is 31.6 Å². The van der Waals surface area contributed by atoms with E-state index in [1.165, 1.54) is 4.90 Å². The van der Waals surface area contributed by atoms with Crippen LogP contribution in [-0.2, 0) is 0 Å². The number of aryl methyl sites for hydroxylation is 1. The maximum atomic E-state index is 7.06. The number of hydrogen-bond donors (Lipinski definition) is 2. The standard InChI is InChI=1S/C10H16N2OS/c1-8-9(5-6-13-8)14-7-3-2-4-10(11)12/h5-6H,2-4,7H2,1H3,(H3,11,12). The second-order valence-corrected chi connectivity index (χ2v) is 4.31. The second kappa shape index (κ2) is 5.75. The number of hydrogen-bond acceptors (Lipinski definition) is 3. The maximum Gasteiger partial charge on any atom is 0.114 e. The van der Waals surface area contributed by atoms with Crippen molar-refractivity contribution in [2.75, 3.05) is 5.75 Å². The van der Waals surface area contributed by atoms with Gasteiger partial charge in [-0.1, -0.05) is 0 Å². The molecule has 0 amide bonds. The van der Waals surface area contributed by atoms with Crippen LogP contribution in [0.25, 0.3) is 0 Å². The van der Waals surface area contributed by atoms with Gasteiger partial charge in [0.2, 0.25) is 0 Å². The van der Waals surface area contributed by atoms with Gasteiger partial charge in [-0.2, -0.15) is 0 Å². The summed E-state index contributed by atoms with van der Waals surface area (Å²) in [5.74, 6) is 2.34. The number of amidine groups is 1. The second-order valence-electron chi connectivity index (χ2n) is 3.17. The van der Waals surface area contributed by atoms with Gasteiger partial charge in [-0.15, -0.1) is 11.8 Å². The third-order valence-electron chi connectivity index (χ3n) is 1.91. The molecule has 0 fully saturated rings. The molecular formula is C10H16N2OS. The number of furan rings is 1. The molecule has 78 valence electrons. The van der Waals surface area contributed by atoms with E-state index < -0.39 is 0 Å². The summed E-state index contributed by atoms with van der Waals surface area (Å²) < 4.78 is 5.18. The number of nitrogens with one attached hydrogen (secondary N) is 1. The van der Waals surface area contributed by atoms with Gasteiger partial charge in [0.15, 0.2) is 0 Å². The van der Waals surface area contributed by atoms with Crippen molar-refractivity contribution in [3.05, 3.63) is 18.1 Å². The Balaban J connectivity index is 2.10. The Labute approximate surface area is 88.6 Å². The highest BCUT2D eigenvalue weighted by atomic mass is 32.2. The smallest absolute Gasteiger partial charge is 0.114 e. The minimum absolute atomic E-state index is 0.287. The van der Waals surface area contributed by atoms with Crippen LogP contribution in [0.5, 0.6) is 0 Å². The first kappa shape index (κ1) is 11.2. The minimum atomic E-state index is 0.287. The summed E-state index contributed by atoms with van der Waals surface area (Å²) in [6, 6.07) is 1.99. The number of nitrogens with two attached hydrogens (primary N) is 1.